The Hall–Kier alpha value is -1.77. The van der Waals surface area contributed by atoms with Gasteiger partial charge in [0.2, 0.25) is 0 Å². The second-order valence-corrected chi connectivity index (χ2v) is 4.96. The molecule has 1 aliphatic carbocycles. The first-order chi connectivity index (χ1) is 9.29. The lowest BCUT2D eigenvalue weighted by Crippen LogP contribution is -2.03. The normalized spacial score (nSPS) is 14.6. The second kappa shape index (κ2) is 6.98. The molecule has 0 heterocycles. The van der Waals surface area contributed by atoms with E-state index < -0.39 is 0 Å². The van der Waals surface area contributed by atoms with Crippen LogP contribution in [0.15, 0.2) is 30.3 Å². The Labute approximate surface area is 114 Å². The summed E-state index contributed by atoms with van der Waals surface area (Å²) in [7, 11) is 1.38. The fraction of sp³-hybridized carbons (Fsp3) is 0.438. The van der Waals surface area contributed by atoms with E-state index in [4.69, 9.17) is 0 Å². The highest BCUT2D eigenvalue weighted by atomic mass is 16.5. The number of ether oxygens (including phenoxy) is 1. The Bertz CT molecular complexity index is 450. The largest absolute Gasteiger partial charge is 0.466 e. The number of esters is 1. The van der Waals surface area contributed by atoms with Crippen LogP contribution in [0, 0.1) is 5.92 Å². The standard InChI is InChI=1S/C16H21NO2/c1-19-16(18)11-10-14-6-2-3-7-15(14)17-12-4-5-13-8-9-13/h2-3,6-7,10-11,13,17H,4-5,8-9,12H2,1H3. The Morgan fingerprint density at radius 3 is 2.95 bits per heavy atom. The lowest BCUT2D eigenvalue weighted by atomic mass is 10.1. The fourth-order valence-electron chi connectivity index (χ4n) is 2.05. The van der Waals surface area contributed by atoms with Crippen LogP contribution in [-0.4, -0.2) is 19.6 Å². The summed E-state index contributed by atoms with van der Waals surface area (Å²) in [5, 5.41) is 3.43. The van der Waals surface area contributed by atoms with Gasteiger partial charge in [-0.15, -0.1) is 0 Å². The van der Waals surface area contributed by atoms with Crippen LogP contribution < -0.4 is 5.32 Å². The van der Waals surface area contributed by atoms with E-state index in [2.05, 4.69) is 10.1 Å². The van der Waals surface area contributed by atoms with Gasteiger partial charge < -0.3 is 10.1 Å². The van der Waals surface area contributed by atoms with Crippen molar-refractivity contribution in [3.8, 4) is 0 Å². The van der Waals surface area contributed by atoms with Crippen LogP contribution >= 0.6 is 0 Å². The first-order valence-corrected chi connectivity index (χ1v) is 6.88. The summed E-state index contributed by atoms with van der Waals surface area (Å²) in [6.07, 6.45) is 8.60. The van der Waals surface area contributed by atoms with Gasteiger partial charge in [-0.3, -0.25) is 0 Å². The number of carbonyl (C=O) groups excluding carboxylic acids is 1. The summed E-state index contributed by atoms with van der Waals surface area (Å²) >= 11 is 0. The average Bonchev–Trinajstić information content (AvgIpc) is 3.26. The zero-order chi connectivity index (χ0) is 13.5. The highest BCUT2D eigenvalue weighted by Crippen LogP contribution is 2.33. The summed E-state index contributed by atoms with van der Waals surface area (Å²) in [5.74, 6) is 0.653. The molecule has 19 heavy (non-hydrogen) atoms. The molecule has 1 saturated carbocycles. The molecule has 3 heteroatoms. The van der Waals surface area contributed by atoms with Gasteiger partial charge in [0.15, 0.2) is 0 Å². The number of carbonyl (C=O) groups is 1. The molecule has 0 amide bonds. The highest BCUT2D eigenvalue weighted by molar-refractivity contribution is 5.88. The summed E-state index contributed by atoms with van der Waals surface area (Å²) in [6.45, 7) is 0.986. The number of hydrogen-bond acceptors (Lipinski definition) is 3. The van der Waals surface area contributed by atoms with Gasteiger partial charge in [0.1, 0.15) is 0 Å². The van der Waals surface area contributed by atoms with E-state index in [1.807, 2.05) is 24.3 Å². The quantitative estimate of drug-likeness (QED) is 0.463. The van der Waals surface area contributed by atoms with Crippen molar-refractivity contribution in [2.24, 2.45) is 5.92 Å². The molecule has 102 valence electrons. The molecule has 0 atom stereocenters. The second-order valence-electron chi connectivity index (χ2n) is 4.96. The van der Waals surface area contributed by atoms with Crippen molar-refractivity contribution in [2.45, 2.75) is 25.7 Å². The van der Waals surface area contributed by atoms with Crippen molar-refractivity contribution in [1.29, 1.82) is 0 Å². The van der Waals surface area contributed by atoms with E-state index >= 15 is 0 Å². The van der Waals surface area contributed by atoms with Crippen LogP contribution in [0.4, 0.5) is 5.69 Å². The molecule has 2 rings (SSSR count). The van der Waals surface area contributed by atoms with Crippen molar-refractivity contribution >= 4 is 17.7 Å². The summed E-state index contributed by atoms with van der Waals surface area (Å²) in [5.41, 5.74) is 2.08. The zero-order valence-electron chi connectivity index (χ0n) is 11.4. The maximum absolute atomic E-state index is 11.1. The molecular weight excluding hydrogens is 238 g/mol. The van der Waals surface area contributed by atoms with E-state index in [0.717, 1.165) is 23.7 Å². The lowest BCUT2D eigenvalue weighted by molar-refractivity contribution is -0.134. The number of methoxy groups -OCH3 is 1. The molecule has 1 aromatic carbocycles. The third-order valence-corrected chi connectivity index (χ3v) is 3.36. The van der Waals surface area contributed by atoms with E-state index in [1.54, 1.807) is 6.08 Å². The van der Waals surface area contributed by atoms with E-state index in [1.165, 1.54) is 38.9 Å². The SMILES string of the molecule is COC(=O)C=Cc1ccccc1NCCCC1CC1. The minimum Gasteiger partial charge on any atom is -0.466 e. The van der Waals surface area contributed by atoms with E-state index in [9.17, 15) is 4.79 Å². The average molecular weight is 259 g/mol. The molecule has 1 aliphatic rings. The molecule has 1 fully saturated rings. The Morgan fingerprint density at radius 2 is 2.21 bits per heavy atom. The number of anilines is 1. The minimum atomic E-state index is -0.330. The molecule has 0 spiro atoms. The number of para-hydroxylation sites is 1. The Balaban J connectivity index is 1.87. The summed E-state index contributed by atoms with van der Waals surface area (Å²) in [4.78, 5) is 11.1. The van der Waals surface area contributed by atoms with Crippen LogP contribution in [-0.2, 0) is 9.53 Å². The van der Waals surface area contributed by atoms with Crippen molar-refractivity contribution in [3.05, 3.63) is 35.9 Å². The van der Waals surface area contributed by atoms with E-state index in [0.29, 0.717) is 0 Å². The first kappa shape index (κ1) is 13.7. The number of nitrogens with one attached hydrogen (secondary N) is 1. The van der Waals surface area contributed by atoms with Gasteiger partial charge in [-0.25, -0.2) is 4.79 Å². The van der Waals surface area contributed by atoms with Gasteiger partial charge in [-0.2, -0.15) is 0 Å². The predicted octanol–water partition coefficient (Wildman–Crippen LogP) is 3.47. The van der Waals surface area contributed by atoms with Gasteiger partial charge in [-0.1, -0.05) is 31.0 Å². The van der Waals surface area contributed by atoms with Gasteiger partial charge in [0.25, 0.3) is 0 Å². The minimum absolute atomic E-state index is 0.330. The maximum atomic E-state index is 11.1. The molecule has 1 N–H and O–H groups in total. The molecule has 0 bridgehead atoms. The molecular formula is C16H21NO2. The van der Waals surface area contributed by atoms with Crippen molar-refractivity contribution in [3.63, 3.8) is 0 Å². The monoisotopic (exact) mass is 259 g/mol. The third-order valence-electron chi connectivity index (χ3n) is 3.36. The number of hydrogen-bond donors (Lipinski definition) is 1. The fourth-order valence-corrected chi connectivity index (χ4v) is 2.05. The predicted molar refractivity (Wildman–Crippen MR) is 77.9 cm³/mol. The lowest BCUT2D eigenvalue weighted by Gasteiger charge is -2.09. The van der Waals surface area contributed by atoms with Gasteiger partial charge in [-0.05, 0) is 36.5 Å². The van der Waals surface area contributed by atoms with Gasteiger partial charge in [0.05, 0.1) is 7.11 Å². The molecule has 1 aromatic rings. The third kappa shape index (κ3) is 4.78. The zero-order valence-corrected chi connectivity index (χ0v) is 11.4. The number of benzene rings is 1. The topological polar surface area (TPSA) is 38.3 Å². The molecule has 0 unspecified atom stereocenters. The van der Waals surface area contributed by atoms with Crippen LogP contribution in [0.2, 0.25) is 0 Å². The van der Waals surface area contributed by atoms with Crippen LogP contribution in [0.5, 0.6) is 0 Å². The van der Waals surface area contributed by atoms with Crippen LogP contribution in [0.25, 0.3) is 6.08 Å². The Kier molecular flexibility index (Phi) is 5.01. The van der Waals surface area contributed by atoms with E-state index in [-0.39, 0.29) is 5.97 Å². The van der Waals surface area contributed by atoms with Crippen molar-refractivity contribution in [2.75, 3.05) is 19.0 Å². The van der Waals surface area contributed by atoms with Crippen LogP contribution in [0.1, 0.15) is 31.2 Å². The number of rotatable bonds is 7. The van der Waals surface area contributed by atoms with Crippen molar-refractivity contribution < 1.29 is 9.53 Å². The molecule has 0 aliphatic heterocycles. The molecule has 0 aromatic heterocycles. The molecule has 0 radical (unpaired) electrons. The maximum Gasteiger partial charge on any atom is 0.330 e. The van der Waals surface area contributed by atoms with Gasteiger partial charge in [0, 0.05) is 18.3 Å². The molecule has 0 saturated heterocycles. The Morgan fingerprint density at radius 1 is 1.42 bits per heavy atom. The van der Waals surface area contributed by atoms with Crippen LogP contribution in [0.3, 0.4) is 0 Å². The highest BCUT2D eigenvalue weighted by Gasteiger charge is 2.19. The smallest absolute Gasteiger partial charge is 0.330 e. The van der Waals surface area contributed by atoms with Crippen molar-refractivity contribution in [1.82, 2.24) is 0 Å². The first-order valence-electron chi connectivity index (χ1n) is 6.88. The van der Waals surface area contributed by atoms with Gasteiger partial charge >= 0.3 is 5.97 Å². The summed E-state index contributed by atoms with van der Waals surface area (Å²) in [6, 6.07) is 7.99. The summed E-state index contributed by atoms with van der Waals surface area (Å²) < 4.78 is 4.60. The molecule has 3 nitrogen and oxygen atoms in total.